The minimum atomic E-state index is -3.63. The fourth-order valence-electron chi connectivity index (χ4n) is 4.78. The minimum Gasteiger partial charge on any atom is -0.390 e. The van der Waals surface area contributed by atoms with Crippen molar-refractivity contribution in [1.82, 2.24) is 15.2 Å². The van der Waals surface area contributed by atoms with Gasteiger partial charge in [-0.3, -0.25) is 25.2 Å². The van der Waals surface area contributed by atoms with Crippen molar-refractivity contribution in [2.24, 2.45) is 11.7 Å². The van der Waals surface area contributed by atoms with Crippen LogP contribution in [0.25, 0.3) is 0 Å². The number of carbonyl (C=O) groups excluding carboxylic acids is 3. The molecular formula is C30H41N5O6S. The summed E-state index contributed by atoms with van der Waals surface area (Å²) < 4.78 is 26.7. The van der Waals surface area contributed by atoms with E-state index in [1.54, 1.807) is 11.0 Å². The molecule has 0 unspecified atom stereocenters. The molecule has 228 valence electrons. The van der Waals surface area contributed by atoms with Crippen molar-refractivity contribution >= 4 is 33.4 Å². The number of allylic oxidation sites excluding steroid dienone is 1. The zero-order valence-corrected chi connectivity index (χ0v) is 25.1. The minimum absolute atomic E-state index is 0.164. The number of nitrogens with two attached hydrogens (primary N) is 1. The lowest BCUT2D eigenvalue weighted by Crippen LogP contribution is -2.54. The number of hydrogen-bond acceptors (Lipinski definition) is 7. The molecule has 12 heteroatoms. The van der Waals surface area contributed by atoms with Gasteiger partial charge in [0.2, 0.25) is 21.8 Å². The number of sulfonamides is 1. The van der Waals surface area contributed by atoms with Crippen LogP contribution in [0, 0.1) is 5.92 Å². The summed E-state index contributed by atoms with van der Waals surface area (Å²) >= 11 is 0. The molecule has 11 nitrogen and oxygen atoms in total. The molecule has 3 rings (SSSR count). The molecule has 5 N–H and O–H groups in total. The van der Waals surface area contributed by atoms with Gasteiger partial charge in [-0.05, 0) is 42.4 Å². The zero-order chi connectivity index (χ0) is 30.9. The third-order valence-electron chi connectivity index (χ3n) is 7.05. The molecule has 0 aromatic heterocycles. The van der Waals surface area contributed by atoms with Crippen molar-refractivity contribution in [1.29, 1.82) is 0 Å². The van der Waals surface area contributed by atoms with E-state index in [0.717, 1.165) is 17.4 Å². The standard InChI is InChI=1S/C30H41N5O6S/c1-21(2)17-18-34(42(3,40)41)20-27(36)26(19-22-9-5-4-6-10-22)35-24-12-8-7-11-23(24)13-14-25(35)30(39)33-32-29(38)16-15-28(31)37/h4-12,14,21,26-27,36H,13,15-20H2,1-3H3,(H2,31,37)(H,32,38)(H,33,39)/t26-,27+/m0/s1. The molecule has 0 aliphatic carbocycles. The number of benzene rings is 2. The number of fused-ring (bicyclic) bond motifs is 1. The highest BCUT2D eigenvalue weighted by Gasteiger charge is 2.36. The van der Waals surface area contributed by atoms with E-state index < -0.39 is 39.9 Å². The smallest absolute Gasteiger partial charge is 0.285 e. The number of nitrogens with zero attached hydrogens (tertiary/aromatic N) is 2. The van der Waals surface area contributed by atoms with Gasteiger partial charge in [0.25, 0.3) is 5.91 Å². The second-order valence-corrected chi connectivity index (χ2v) is 12.9. The van der Waals surface area contributed by atoms with E-state index in [-0.39, 0.29) is 37.5 Å². The van der Waals surface area contributed by atoms with Crippen molar-refractivity contribution in [3.8, 4) is 0 Å². The quantitative estimate of drug-likeness (QED) is 0.240. The first-order valence-electron chi connectivity index (χ1n) is 14.0. The van der Waals surface area contributed by atoms with Gasteiger partial charge in [-0.15, -0.1) is 0 Å². The third kappa shape index (κ3) is 9.40. The Hall–Kier alpha value is -3.74. The Morgan fingerprint density at radius 2 is 1.69 bits per heavy atom. The zero-order valence-electron chi connectivity index (χ0n) is 24.3. The summed E-state index contributed by atoms with van der Waals surface area (Å²) in [5.74, 6) is -1.58. The molecule has 2 aromatic rings. The summed E-state index contributed by atoms with van der Waals surface area (Å²) in [5, 5.41) is 11.8. The van der Waals surface area contributed by atoms with Crippen molar-refractivity contribution in [3.63, 3.8) is 0 Å². The molecule has 0 radical (unpaired) electrons. The van der Waals surface area contributed by atoms with Crippen LogP contribution in [0.3, 0.4) is 0 Å². The van der Waals surface area contributed by atoms with Crippen LogP contribution in [-0.2, 0) is 37.2 Å². The number of hydrogen-bond donors (Lipinski definition) is 4. The van der Waals surface area contributed by atoms with E-state index in [1.807, 2.05) is 68.4 Å². The van der Waals surface area contributed by atoms with Crippen LogP contribution in [0.5, 0.6) is 0 Å². The molecule has 3 amide bonds. The summed E-state index contributed by atoms with van der Waals surface area (Å²) in [4.78, 5) is 38.4. The molecule has 0 spiro atoms. The molecule has 0 saturated heterocycles. The van der Waals surface area contributed by atoms with Crippen LogP contribution < -0.4 is 21.5 Å². The average molecular weight is 600 g/mol. The van der Waals surface area contributed by atoms with Gasteiger partial charge in [0, 0.05) is 31.6 Å². The maximum atomic E-state index is 13.5. The number of primary amides is 1. The SMILES string of the molecule is CC(C)CCN(C[C@@H](O)[C@H](Cc1ccccc1)N1C(C(=O)NNC(=O)CCC(N)=O)=CCc2ccccc21)S(C)(=O)=O. The van der Waals surface area contributed by atoms with Crippen LogP contribution in [0.1, 0.15) is 44.2 Å². The van der Waals surface area contributed by atoms with Crippen LogP contribution in [0.4, 0.5) is 5.69 Å². The first-order chi connectivity index (χ1) is 19.9. The van der Waals surface area contributed by atoms with Gasteiger partial charge in [-0.25, -0.2) is 8.42 Å². The topological polar surface area (TPSA) is 162 Å². The Labute approximate surface area is 247 Å². The van der Waals surface area contributed by atoms with E-state index in [4.69, 9.17) is 5.73 Å². The number of carbonyl (C=O) groups is 3. The molecule has 0 bridgehead atoms. The fraction of sp³-hybridized carbons (Fsp3) is 0.433. The molecule has 2 atom stereocenters. The van der Waals surface area contributed by atoms with Gasteiger partial charge in [0.15, 0.2) is 0 Å². The molecule has 2 aromatic carbocycles. The van der Waals surface area contributed by atoms with Gasteiger partial charge >= 0.3 is 0 Å². The van der Waals surface area contributed by atoms with Crippen LogP contribution >= 0.6 is 0 Å². The molecule has 0 saturated carbocycles. The predicted molar refractivity (Wildman–Crippen MR) is 161 cm³/mol. The Morgan fingerprint density at radius 1 is 1.02 bits per heavy atom. The monoisotopic (exact) mass is 599 g/mol. The summed E-state index contributed by atoms with van der Waals surface area (Å²) in [6.07, 6.45) is 2.65. The predicted octanol–water partition coefficient (Wildman–Crippen LogP) is 1.63. The largest absolute Gasteiger partial charge is 0.390 e. The summed E-state index contributed by atoms with van der Waals surface area (Å²) in [5.41, 5.74) is 12.5. The molecule has 0 fully saturated rings. The maximum Gasteiger partial charge on any atom is 0.285 e. The molecule has 42 heavy (non-hydrogen) atoms. The second-order valence-electron chi connectivity index (χ2n) is 10.9. The fourth-order valence-corrected chi connectivity index (χ4v) is 5.64. The highest BCUT2D eigenvalue weighted by Crippen LogP contribution is 2.34. The summed E-state index contributed by atoms with van der Waals surface area (Å²) in [6.45, 7) is 4.09. The van der Waals surface area contributed by atoms with Crippen molar-refractivity contribution < 1.29 is 27.9 Å². The Morgan fingerprint density at radius 3 is 2.33 bits per heavy atom. The van der Waals surface area contributed by atoms with Crippen LogP contribution in [0.15, 0.2) is 66.4 Å². The number of aliphatic hydroxyl groups excluding tert-OH is 1. The first kappa shape index (κ1) is 32.8. The number of aliphatic hydroxyl groups is 1. The number of amides is 3. The van der Waals surface area contributed by atoms with Gasteiger partial charge in [0.1, 0.15) is 5.70 Å². The van der Waals surface area contributed by atoms with Gasteiger partial charge < -0.3 is 15.7 Å². The maximum absolute atomic E-state index is 13.5. The van der Waals surface area contributed by atoms with Gasteiger partial charge in [-0.1, -0.05) is 68.5 Å². The van der Waals surface area contributed by atoms with Crippen molar-refractivity contribution in [2.45, 2.75) is 58.1 Å². The average Bonchev–Trinajstić information content (AvgIpc) is 2.94. The lowest BCUT2D eigenvalue weighted by molar-refractivity contribution is -0.128. The van der Waals surface area contributed by atoms with Crippen LogP contribution in [-0.4, -0.2) is 67.0 Å². The number of para-hydroxylation sites is 1. The Balaban J connectivity index is 1.98. The first-order valence-corrected chi connectivity index (χ1v) is 15.8. The number of hydrazine groups is 1. The van der Waals surface area contributed by atoms with E-state index in [0.29, 0.717) is 24.9 Å². The second kappa shape index (κ2) is 14.9. The van der Waals surface area contributed by atoms with Gasteiger partial charge in [-0.2, -0.15) is 4.31 Å². The molecular weight excluding hydrogens is 558 g/mol. The molecule has 1 aliphatic rings. The van der Waals surface area contributed by atoms with Crippen LogP contribution in [0.2, 0.25) is 0 Å². The molecule has 1 heterocycles. The number of nitrogens with one attached hydrogen (secondary N) is 2. The lowest BCUT2D eigenvalue weighted by atomic mass is 9.94. The van der Waals surface area contributed by atoms with E-state index in [9.17, 15) is 27.9 Å². The Kier molecular flexibility index (Phi) is 11.7. The van der Waals surface area contributed by atoms with E-state index in [1.165, 1.54) is 4.31 Å². The highest BCUT2D eigenvalue weighted by atomic mass is 32.2. The summed E-state index contributed by atoms with van der Waals surface area (Å²) in [6, 6.07) is 16.2. The van der Waals surface area contributed by atoms with Crippen molar-refractivity contribution in [2.75, 3.05) is 24.2 Å². The third-order valence-corrected chi connectivity index (χ3v) is 8.32. The number of anilines is 1. The lowest BCUT2D eigenvalue weighted by Gasteiger charge is -2.41. The Bertz CT molecular complexity index is 1380. The summed E-state index contributed by atoms with van der Waals surface area (Å²) in [7, 11) is -3.63. The van der Waals surface area contributed by atoms with Gasteiger partial charge in [0.05, 0.1) is 18.4 Å². The van der Waals surface area contributed by atoms with E-state index in [2.05, 4.69) is 10.9 Å². The number of rotatable bonds is 14. The van der Waals surface area contributed by atoms with E-state index >= 15 is 0 Å². The normalized spacial score (nSPS) is 14.6. The van der Waals surface area contributed by atoms with Crippen molar-refractivity contribution in [3.05, 3.63) is 77.5 Å². The highest BCUT2D eigenvalue weighted by molar-refractivity contribution is 7.88. The molecule has 1 aliphatic heterocycles.